The van der Waals surface area contributed by atoms with Crippen molar-refractivity contribution in [2.45, 2.75) is 114 Å². The summed E-state index contributed by atoms with van der Waals surface area (Å²) in [6, 6.07) is 18.5. The molecule has 0 saturated carbocycles. The molecule has 0 radical (unpaired) electrons. The molecule has 0 spiro atoms. The second-order valence-electron chi connectivity index (χ2n) is 9.83. The lowest BCUT2D eigenvalue weighted by Gasteiger charge is -2.26. The molecule has 160 valence electrons. The van der Waals surface area contributed by atoms with Crippen LogP contribution in [0, 0.1) is 0 Å². The Morgan fingerprint density at radius 1 is 0.552 bits per heavy atom. The molecule has 0 amide bonds. The van der Waals surface area contributed by atoms with Gasteiger partial charge >= 0.3 is 0 Å². The van der Waals surface area contributed by atoms with Gasteiger partial charge in [0.05, 0.1) is 0 Å². The summed E-state index contributed by atoms with van der Waals surface area (Å²) in [5, 5.41) is 0. The molecular weight excluding hydrogens is 368 g/mol. The molecule has 0 bridgehead atoms. The van der Waals surface area contributed by atoms with E-state index in [1.54, 1.807) is 0 Å². The highest BCUT2D eigenvalue weighted by atomic mass is 32.2. The lowest BCUT2D eigenvalue weighted by molar-refractivity contribution is 0.450. The topological polar surface area (TPSA) is 0 Å². The normalized spacial score (nSPS) is 12.3. The van der Waals surface area contributed by atoms with E-state index in [1.807, 2.05) is 11.8 Å². The first-order valence-corrected chi connectivity index (χ1v) is 12.5. The summed E-state index contributed by atoms with van der Waals surface area (Å²) in [5.41, 5.74) is 3.46. The summed E-state index contributed by atoms with van der Waals surface area (Å²) in [6.45, 7) is 14.1. The Kier molecular flexibility index (Phi) is 9.34. The van der Waals surface area contributed by atoms with E-state index < -0.39 is 0 Å². The van der Waals surface area contributed by atoms with Gasteiger partial charge < -0.3 is 0 Å². The Morgan fingerprint density at radius 2 is 0.897 bits per heavy atom. The Morgan fingerprint density at radius 3 is 1.21 bits per heavy atom. The fraction of sp³-hybridized carbons (Fsp3) is 0.571. The van der Waals surface area contributed by atoms with Gasteiger partial charge in [0.15, 0.2) is 0 Å². The molecule has 2 rings (SSSR count). The lowest BCUT2D eigenvalue weighted by Crippen LogP contribution is -2.16. The van der Waals surface area contributed by atoms with Gasteiger partial charge in [-0.15, -0.1) is 0 Å². The maximum Gasteiger partial charge on any atom is 0.0122 e. The highest BCUT2D eigenvalue weighted by Crippen LogP contribution is 2.35. The fourth-order valence-corrected chi connectivity index (χ4v) is 4.82. The smallest absolute Gasteiger partial charge is 0.0122 e. The van der Waals surface area contributed by atoms with Gasteiger partial charge in [0.25, 0.3) is 0 Å². The van der Waals surface area contributed by atoms with E-state index in [1.165, 1.54) is 72.3 Å². The predicted octanol–water partition coefficient (Wildman–Crippen LogP) is 9.55. The predicted molar refractivity (Wildman–Crippen MR) is 131 cm³/mol. The highest BCUT2D eigenvalue weighted by molar-refractivity contribution is 7.99. The Labute approximate surface area is 184 Å². The van der Waals surface area contributed by atoms with Gasteiger partial charge in [-0.05, 0) is 59.1 Å². The van der Waals surface area contributed by atoms with Crippen LogP contribution in [0.25, 0.3) is 0 Å². The molecule has 0 unspecified atom stereocenters. The van der Waals surface area contributed by atoms with Crippen molar-refractivity contribution in [2.24, 2.45) is 0 Å². The molecule has 1 heteroatoms. The summed E-state index contributed by atoms with van der Waals surface area (Å²) in [4.78, 5) is 2.65. The molecule has 2 aromatic rings. The maximum absolute atomic E-state index is 2.38. The minimum Gasteiger partial charge on any atom is -0.0901 e. The van der Waals surface area contributed by atoms with Crippen LogP contribution in [0.5, 0.6) is 0 Å². The van der Waals surface area contributed by atoms with E-state index in [2.05, 4.69) is 90.1 Å². The van der Waals surface area contributed by atoms with E-state index in [0.717, 1.165) is 0 Å². The highest BCUT2D eigenvalue weighted by Gasteiger charge is 2.21. The van der Waals surface area contributed by atoms with E-state index in [4.69, 9.17) is 0 Å². The van der Waals surface area contributed by atoms with E-state index in [-0.39, 0.29) is 10.8 Å². The molecule has 0 nitrogen and oxygen atoms in total. The lowest BCUT2D eigenvalue weighted by atomic mass is 9.80. The molecule has 0 aliphatic rings. The first-order valence-electron chi connectivity index (χ1n) is 11.7. The molecule has 0 fully saturated rings. The van der Waals surface area contributed by atoms with Crippen LogP contribution in [-0.2, 0) is 10.8 Å². The molecule has 0 saturated heterocycles. The summed E-state index contributed by atoms with van der Waals surface area (Å²) in [6.07, 6.45) is 10.4. The van der Waals surface area contributed by atoms with Crippen molar-refractivity contribution in [2.75, 3.05) is 0 Å². The third kappa shape index (κ3) is 7.52. The average Bonchev–Trinajstić information content (AvgIpc) is 2.69. The first-order chi connectivity index (χ1) is 13.8. The molecule has 0 heterocycles. The van der Waals surface area contributed by atoms with Gasteiger partial charge in [-0.2, -0.15) is 0 Å². The SMILES string of the molecule is CCCCCC(C)(C)c1ccc(Sc2ccc(C(C)(C)CCCCC)cc2)cc1. The van der Waals surface area contributed by atoms with Crippen LogP contribution >= 0.6 is 11.8 Å². The fourth-order valence-electron chi connectivity index (χ4n) is 4.01. The van der Waals surface area contributed by atoms with Gasteiger partial charge in [0.2, 0.25) is 0 Å². The quantitative estimate of drug-likeness (QED) is 0.314. The second-order valence-corrected chi connectivity index (χ2v) is 11.0. The maximum atomic E-state index is 2.38. The van der Waals surface area contributed by atoms with Crippen LogP contribution in [-0.4, -0.2) is 0 Å². The van der Waals surface area contributed by atoms with Crippen molar-refractivity contribution in [3.05, 3.63) is 59.7 Å². The summed E-state index contributed by atoms with van der Waals surface area (Å²) >= 11 is 1.87. The molecule has 0 atom stereocenters. The zero-order valence-electron chi connectivity index (χ0n) is 19.7. The Hall–Kier alpha value is -1.21. The summed E-state index contributed by atoms with van der Waals surface area (Å²) in [5.74, 6) is 0. The van der Waals surface area contributed by atoms with Gasteiger partial charge in [0.1, 0.15) is 0 Å². The van der Waals surface area contributed by atoms with Crippen LogP contribution in [0.2, 0.25) is 0 Å². The largest absolute Gasteiger partial charge is 0.0901 e. The van der Waals surface area contributed by atoms with Crippen LogP contribution in [0.3, 0.4) is 0 Å². The molecule has 2 aromatic carbocycles. The standard InChI is InChI=1S/C28H42S/c1-7-9-11-21-27(3,4)23-13-17-25(18-14-23)29-26-19-15-24(16-20-26)28(5,6)22-12-10-8-2/h13-20H,7-12,21-22H2,1-6H3. The molecule has 0 aromatic heterocycles. The van der Waals surface area contributed by atoms with Crippen molar-refractivity contribution in [1.82, 2.24) is 0 Å². The van der Waals surface area contributed by atoms with Crippen molar-refractivity contribution in [3.63, 3.8) is 0 Å². The first kappa shape index (κ1) is 24.1. The second kappa shape index (κ2) is 11.3. The summed E-state index contributed by atoms with van der Waals surface area (Å²) in [7, 11) is 0. The molecule has 29 heavy (non-hydrogen) atoms. The Balaban J connectivity index is 1.98. The van der Waals surface area contributed by atoms with Crippen molar-refractivity contribution < 1.29 is 0 Å². The van der Waals surface area contributed by atoms with Crippen molar-refractivity contribution in [1.29, 1.82) is 0 Å². The molecule has 0 aliphatic heterocycles. The third-order valence-corrected chi connectivity index (χ3v) is 7.33. The van der Waals surface area contributed by atoms with Crippen molar-refractivity contribution >= 4 is 11.8 Å². The average molecular weight is 411 g/mol. The van der Waals surface area contributed by atoms with Crippen molar-refractivity contribution in [3.8, 4) is 0 Å². The number of hydrogen-bond acceptors (Lipinski definition) is 1. The number of unbranched alkanes of at least 4 members (excludes halogenated alkanes) is 4. The van der Waals surface area contributed by atoms with Crippen LogP contribution in [0.15, 0.2) is 58.3 Å². The minimum atomic E-state index is 0.267. The third-order valence-electron chi connectivity index (χ3n) is 6.32. The molecule has 0 N–H and O–H groups in total. The monoisotopic (exact) mass is 410 g/mol. The van der Waals surface area contributed by atoms with Gasteiger partial charge in [0, 0.05) is 9.79 Å². The number of rotatable bonds is 12. The molecular formula is C28H42S. The van der Waals surface area contributed by atoms with E-state index in [9.17, 15) is 0 Å². The van der Waals surface area contributed by atoms with Gasteiger partial charge in [-0.1, -0.05) is 116 Å². The van der Waals surface area contributed by atoms with Crippen LogP contribution in [0.4, 0.5) is 0 Å². The minimum absolute atomic E-state index is 0.267. The van der Waals surface area contributed by atoms with E-state index in [0.29, 0.717) is 0 Å². The Bertz CT molecular complexity index is 643. The van der Waals surface area contributed by atoms with Crippen LogP contribution < -0.4 is 0 Å². The van der Waals surface area contributed by atoms with E-state index >= 15 is 0 Å². The zero-order valence-corrected chi connectivity index (χ0v) is 20.5. The van der Waals surface area contributed by atoms with Gasteiger partial charge in [-0.25, -0.2) is 0 Å². The van der Waals surface area contributed by atoms with Gasteiger partial charge in [-0.3, -0.25) is 0 Å². The molecule has 0 aliphatic carbocycles. The summed E-state index contributed by atoms with van der Waals surface area (Å²) < 4.78 is 0. The zero-order chi connectivity index (χ0) is 21.3. The van der Waals surface area contributed by atoms with Crippen LogP contribution in [0.1, 0.15) is 104 Å². The number of benzene rings is 2. The number of hydrogen-bond donors (Lipinski definition) is 0.